The minimum atomic E-state index is -0.0965. The summed E-state index contributed by atoms with van der Waals surface area (Å²) in [6.07, 6.45) is 0. The largest absolute Gasteiger partial charge is 0.310 e. The standard InChI is InChI=1S/C54H34N2.C48H38N2.C42H26N2/c1-3-11-35(12-4-1)40-25-29-46-44-15-7-9-17-50(44)55(52(46)31-40)42-27-23-37-19-21-39-22-20-38-24-28-43(34-49(38)54(39)48(37)33-42)56-51-18-10-8-16-45(51)47-30-26-41(32-53(47)56)36-13-5-2-6-14-36;1-47(2)38-13-5-9-17-42(38)49(43-18-10-6-14-39(43)47)34-27-25-31-21-23-33-24-22-32-26-28-35(30-37(32)46(33)36(31)29-34)50-44-19-11-7-15-40(44)48(3,4)41-16-8-12-20-45(41)50;1-5-13-38-32(9-1)33-10-2-6-14-39(33)43(38)30-23-21-27-17-19-29-20-18-28-22-24-31(26-37(28)42(29)36(27)25-30)44-40-15-7-3-11-34(40)35-12-4-8-16-41(35)44/h1-34H;5-30H,1-4H3;1-26H. The van der Waals surface area contributed by atoms with Gasteiger partial charge in [0.15, 0.2) is 0 Å². The van der Waals surface area contributed by atoms with Crippen LogP contribution >= 0.6 is 0 Å². The van der Waals surface area contributed by atoms with E-state index in [1.165, 1.54) is 274 Å². The van der Waals surface area contributed by atoms with Gasteiger partial charge in [-0.1, -0.05) is 404 Å². The zero-order chi connectivity index (χ0) is 99.3. The highest BCUT2D eigenvalue weighted by Crippen LogP contribution is 2.56. The second-order valence-corrected chi connectivity index (χ2v) is 41.8. The SMILES string of the molecule is CC1(C)c2ccccc2N(c2ccc3ccc4ccc5ccc(N6c7ccccc7C(C)(C)c7ccccc76)cc5c4c3c2)c2ccccc21.c1ccc(-c2ccc3c4ccccc4n(-c4ccc5ccc6ccc7ccc(-n8c9ccccc9c9ccc(-c%10ccccc%10)cc98)cc7c6c5c4)c3c2)cc1.c1ccc2c(c1)c1ccccc1n2-c1ccc2ccc3ccc4ccc(-n5c6ccccc6c6ccccc65)cc4c3c2c1. The number of aromatic nitrogens is 4. The molecule has 6 heterocycles. The van der Waals surface area contributed by atoms with Gasteiger partial charge in [0.1, 0.15) is 0 Å². The molecule has 150 heavy (non-hydrogen) atoms. The number of rotatable bonds is 8. The number of hydrogen-bond donors (Lipinski definition) is 0. The van der Waals surface area contributed by atoms with Gasteiger partial charge in [0, 0.05) is 88.0 Å². The molecule has 0 amide bonds. The molecule has 0 N–H and O–H groups in total. The first-order valence-electron chi connectivity index (χ1n) is 52.2. The minimum Gasteiger partial charge on any atom is -0.310 e. The lowest BCUT2D eigenvalue weighted by atomic mass is 9.73. The summed E-state index contributed by atoms with van der Waals surface area (Å²) < 4.78 is 9.73. The molecule has 0 atom stereocenters. The summed E-state index contributed by atoms with van der Waals surface area (Å²) in [7, 11) is 0. The van der Waals surface area contributed by atoms with Gasteiger partial charge in [-0.2, -0.15) is 0 Å². The van der Waals surface area contributed by atoms with Crippen LogP contribution in [0.2, 0.25) is 0 Å². The Morgan fingerprint density at radius 1 is 0.133 bits per heavy atom. The van der Waals surface area contributed by atoms with Gasteiger partial charge in [-0.3, -0.25) is 0 Å². The minimum absolute atomic E-state index is 0.0965. The molecule has 30 aromatic rings. The second kappa shape index (κ2) is 33.7. The van der Waals surface area contributed by atoms with E-state index in [9.17, 15) is 0 Å². The first-order valence-corrected chi connectivity index (χ1v) is 52.2. The zero-order valence-electron chi connectivity index (χ0n) is 83.3. The van der Waals surface area contributed by atoms with Crippen LogP contribution in [-0.2, 0) is 10.8 Å². The van der Waals surface area contributed by atoms with Crippen molar-refractivity contribution in [1.82, 2.24) is 18.3 Å². The van der Waals surface area contributed by atoms with Gasteiger partial charge in [0.25, 0.3) is 0 Å². The highest BCUT2D eigenvalue weighted by molar-refractivity contribution is 6.26. The Bertz CT molecular complexity index is 10100. The average Bonchev–Trinajstić information content (AvgIpc) is 1.15. The number of hydrogen-bond acceptors (Lipinski definition) is 2. The lowest BCUT2D eigenvalue weighted by Crippen LogP contribution is -2.30. The summed E-state index contributed by atoms with van der Waals surface area (Å²) in [5, 5.41) is 32.8. The summed E-state index contributed by atoms with van der Waals surface area (Å²) in [6, 6.07) is 193. The molecule has 26 aromatic carbocycles. The molecule has 0 radical (unpaired) electrons. The molecule has 6 nitrogen and oxygen atoms in total. The highest BCUT2D eigenvalue weighted by atomic mass is 15.2. The Morgan fingerprint density at radius 2 is 0.327 bits per heavy atom. The third-order valence-electron chi connectivity index (χ3n) is 32.9. The van der Waals surface area contributed by atoms with Crippen LogP contribution in [0.25, 0.3) is 229 Å². The Hall–Kier alpha value is -19.1. The van der Waals surface area contributed by atoms with Crippen LogP contribution < -0.4 is 9.80 Å². The van der Waals surface area contributed by atoms with Crippen LogP contribution in [0.15, 0.2) is 522 Å². The van der Waals surface area contributed by atoms with Crippen LogP contribution in [0.5, 0.6) is 0 Å². The Morgan fingerprint density at radius 3 is 0.587 bits per heavy atom. The molecule has 0 spiro atoms. The normalized spacial score (nSPS) is 13.1. The van der Waals surface area contributed by atoms with Gasteiger partial charge in [0.2, 0.25) is 0 Å². The quantitative estimate of drug-likeness (QED) is 0.142. The van der Waals surface area contributed by atoms with E-state index in [0.717, 1.165) is 11.4 Å². The lowest BCUT2D eigenvalue weighted by molar-refractivity contribution is 0.632. The molecule has 0 unspecified atom stereocenters. The van der Waals surface area contributed by atoms with E-state index in [2.05, 4.69) is 577 Å². The number of para-hydroxylation sites is 10. The number of benzene rings is 26. The first-order chi connectivity index (χ1) is 73.9. The van der Waals surface area contributed by atoms with Crippen molar-refractivity contribution in [2.24, 2.45) is 0 Å². The van der Waals surface area contributed by atoms with Gasteiger partial charge in [-0.05, 0) is 287 Å². The molecule has 6 heteroatoms. The van der Waals surface area contributed by atoms with Crippen molar-refractivity contribution >= 4 is 218 Å². The van der Waals surface area contributed by atoms with Gasteiger partial charge < -0.3 is 28.1 Å². The molecule has 32 rings (SSSR count). The fraction of sp³-hybridized carbons (Fsp3) is 0.0417. The predicted molar refractivity (Wildman–Crippen MR) is 639 cm³/mol. The maximum Gasteiger partial charge on any atom is 0.0547 e. The van der Waals surface area contributed by atoms with Crippen LogP contribution in [0.4, 0.5) is 34.1 Å². The van der Waals surface area contributed by atoms with Crippen molar-refractivity contribution in [2.75, 3.05) is 9.80 Å². The molecular formula is C144H98N6. The zero-order valence-corrected chi connectivity index (χ0v) is 83.3. The fourth-order valence-corrected chi connectivity index (χ4v) is 25.8. The summed E-state index contributed by atoms with van der Waals surface area (Å²) >= 11 is 0. The number of fused-ring (bicyclic) bond motifs is 31. The average molecular weight is 1910 g/mol. The van der Waals surface area contributed by atoms with Crippen molar-refractivity contribution in [3.63, 3.8) is 0 Å². The fourth-order valence-electron chi connectivity index (χ4n) is 25.8. The third-order valence-corrected chi connectivity index (χ3v) is 32.9. The first kappa shape index (κ1) is 86.4. The van der Waals surface area contributed by atoms with E-state index < -0.39 is 0 Å². The molecule has 704 valence electrons. The lowest BCUT2D eigenvalue weighted by Gasteiger charge is -2.42. The maximum atomic E-state index is 2.47. The topological polar surface area (TPSA) is 26.2 Å². The van der Waals surface area contributed by atoms with Gasteiger partial charge in [0.05, 0.1) is 66.9 Å². The van der Waals surface area contributed by atoms with Crippen molar-refractivity contribution < 1.29 is 0 Å². The highest BCUT2D eigenvalue weighted by Gasteiger charge is 2.39. The van der Waals surface area contributed by atoms with Crippen molar-refractivity contribution in [3.8, 4) is 45.0 Å². The maximum absolute atomic E-state index is 2.47. The Labute approximate surface area is 867 Å². The monoisotopic (exact) mass is 1910 g/mol. The molecule has 0 saturated carbocycles. The van der Waals surface area contributed by atoms with Gasteiger partial charge in [-0.15, -0.1) is 0 Å². The van der Waals surface area contributed by atoms with E-state index >= 15 is 0 Å². The van der Waals surface area contributed by atoms with Gasteiger partial charge >= 0.3 is 0 Å². The number of nitrogens with zero attached hydrogens (tertiary/aromatic N) is 6. The Balaban J connectivity index is 0.000000104. The predicted octanol–water partition coefficient (Wildman–Crippen LogP) is 39.4. The summed E-state index contributed by atoms with van der Waals surface area (Å²) in [5.74, 6) is 0. The molecule has 0 fully saturated rings. The van der Waals surface area contributed by atoms with Crippen LogP contribution in [-0.4, -0.2) is 18.3 Å². The summed E-state index contributed by atoms with van der Waals surface area (Å²) in [4.78, 5) is 4.93. The second-order valence-electron chi connectivity index (χ2n) is 41.8. The van der Waals surface area contributed by atoms with Crippen molar-refractivity contribution in [3.05, 3.63) is 544 Å². The third kappa shape index (κ3) is 13.4. The Kier molecular flexibility index (Phi) is 19.4. The van der Waals surface area contributed by atoms with E-state index in [1.54, 1.807) is 0 Å². The smallest absolute Gasteiger partial charge is 0.0547 e. The molecule has 0 bridgehead atoms. The molecule has 4 aromatic heterocycles. The van der Waals surface area contributed by atoms with Gasteiger partial charge in [-0.25, -0.2) is 0 Å². The molecule has 2 aliphatic heterocycles. The van der Waals surface area contributed by atoms with E-state index in [-0.39, 0.29) is 10.8 Å². The molecule has 0 saturated heterocycles. The number of anilines is 6. The molecule has 0 aliphatic carbocycles. The molecule has 2 aliphatic rings. The molecular weight excluding hydrogens is 1810 g/mol. The summed E-state index contributed by atoms with van der Waals surface area (Å²) in [5.41, 5.74) is 31.8. The van der Waals surface area contributed by atoms with Crippen molar-refractivity contribution in [2.45, 2.75) is 38.5 Å². The van der Waals surface area contributed by atoms with Crippen LogP contribution in [0.1, 0.15) is 49.9 Å². The van der Waals surface area contributed by atoms with E-state index in [1.807, 2.05) is 0 Å². The van der Waals surface area contributed by atoms with E-state index in [0.29, 0.717) is 0 Å². The van der Waals surface area contributed by atoms with Crippen LogP contribution in [0.3, 0.4) is 0 Å². The van der Waals surface area contributed by atoms with Crippen LogP contribution in [0, 0.1) is 0 Å². The summed E-state index contributed by atoms with van der Waals surface area (Å²) in [6.45, 7) is 9.39. The van der Waals surface area contributed by atoms with E-state index in [4.69, 9.17) is 0 Å². The van der Waals surface area contributed by atoms with Crippen molar-refractivity contribution in [1.29, 1.82) is 0 Å².